The number of carbonyl (C=O) groups excluding carboxylic acids is 1. The minimum atomic E-state index is -6.11. The van der Waals surface area contributed by atoms with Gasteiger partial charge in [-0.2, -0.15) is 35.1 Å². The van der Waals surface area contributed by atoms with E-state index < -0.39 is 45.5 Å². The Bertz CT molecular complexity index is 908. The molecule has 0 spiro atoms. The lowest BCUT2D eigenvalue weighted by atomic mass is 10.0. The van der Waals surface area contributed by atoms with E-state index >= 15 is 0 Å². The lowest BCUT2D eigenvalue weighted by molar-refractivity contribution is -0.289. The van der Waals surface area contributed by atoms with Gasteiger partial charge in [-0.25, -0.2) is 0 Å². The van der Waals surface area contributed by atoms with E-state index in [1.54, 1.807) is 0 Å². The third kappa shape index (κ3) is 4.37. The zero-order chi connectivity index (χ0) is 21.5. The van der Waals surface area contributed by atoms with E-state index in [-0.39, 0.29) is 23.4 Å². The lowest BCUT2D eigenvalue weighted by Crippen LogP contribution is -2.34. The van der Waals surface area contributed by atoms with Crippen LogP contribution in [-0.4, -0.2) is 12.1 Å². The van der Waals surface area contributed by atoms with E-state index in [4.69, 9.17) is 5.73 Å². The molecular formula is C16H9BrF8N2O. The van der Waals surface area contributed by atoms with Crippen LogP contribution in [0.2, 0.25) is 0 Å². The molecule has 0 heterocycles. The van der Waals surface area contributed by atoms with Crippen molar-refractivity contribution in [3.8, 4) is 0 Å². The van der Waals surface area contributed by atoms with Gasteiger partial charge in [0.15, 0.2) is 0 Å². The first-order valence-electron chi connectivity index (χ1n) is 7.17. The summed E-state index contributed by atoms with van der Waals surface area (Å²) < 4.78 is 104. The first-order chi connectivity index (χ1) is 12.6. The van der Waals surface area contributed by atoms with E-state index in [0.717, 1.165) is 6.07 Å². The number of nitrogens with two attached hydrogens (primary N) is 1. The van der Waals surface area contributed by atoms with Crippen LogP contribution < -0.4 is 11.1 Å². The fraction of sp³-hybridized carbons (Fsp3) is 0.188. The number of alkyl halides is 8. The molecule has 28 heavy (non-hydrogen) atoms. The highest BCUT2D eigenvalue weighted by Crippen LogP contribution is 2.48. The predicted molar refractivity (Wildman–Crippen MR) is 87.9 cm³/mol. The van der Waals surface area contributed by atoms with Crippen molar-refractivity contribution >= 4 is 33.2 Å². The molecule has 0 aliphatic heterocycles. The number of hydrogen-bond donors (Lipinski definition) is 2. The molecule has 0 unspecified atom stereocenters. The Morgan fingerprint density at radius 1 is 0.964 bits per heavy atom. The second-order valence-electron chi connectivity index (χ2n) is 5.53. The topological polar surface area (TPSA) is 55.1 Å². The highest BCUT2D eigenvalue weighted by atomic mass is 79.9. The Balaban J connectivity index is 2.58. The molecule has 152 valence electrons. The van der Waals surface area contributed by atoms with Crippen molar-refractivity contribution in [3.63, 3.8) is 0 Å². The Hall–Kier alpha value is -2.37. The van der Waals surface area contributed by atoms with Crippen molar-refractivity contribution < 1.29 is 39.9 Å². The smallest absolute Gasteiger partial charge is 0.399 e. The van der Waals surface area contributed by atoms with Crippen LogP contribution >= 0.6 is 15.9 Å². The van der Waals surface area contributed by atoms with Gasteiger partial charge in [0.05, 0.1) is 11.3 Å². The summed E-state index contributed by atoms with van der Waals surface area (Å²) in [6, 6.07) is 4.92. The van der Waals surface area contributed by atoms with Crippen LogP contribution in [0.1, 0.15) is 21.5 Å². The van der Waals surface area contributed by atoms with Crippen molar-refractivity contribution in [1.29, 1.82) is 0 Å². The van der Waals surface area contributed by atoms with Crippen LogP contribution in [0.3, 0.4) is 0 Å². The Kier molecular flexibility index (Phi) is 5.66. The van der Waals surface area contributed by atoms with Crippen LogP contribution in [-0.2, 0) is 12.1 Å². The fourth-order valence-corrected chi connectivity index (χ4v) is 2.73. The minimum Gasteiger partial charge on any atom is -0.399 e. The standard InChI is InChI=1S/C16H9BrF8N2O/c17-11-6-8(14(18,19)16(23,24)25)5-10(15(20,21)22)12(11)27-13(28)7-2-1-3-9(26)4-7/h1-6H,26H2,(H,27,28). The van der Waals surface area contributed by atoms with Gasteiger partial charge < -0.3 is 11.1 Å². The zero-order valence-electron chi connectivity index (χ0n) is 13.4. The summed E-state index contributed by atoms with van der Waals surface area (Å²) in [6.07, 6.45) is -11.4. The summed E-state index contributed by atoms with van der Waals surface area (Å²) in [5.74, 6) is -6.61. The maximum absolute atomic E-state index is 13.5. The molecule has 2 rings (SSSR count). The molecule has 3 N–H and O–H groups in total. The highest BCUT2D eigenvalue weighted by molar-refractivity contribution is 9.10. The molecule has 0 aliphatic rings. The molecule has 3 nitrogen and oxygen atoms in total. The van der Waals surface area contributed by atoms with Gasteiger partial charge in [-0.15, -0.1) is 0 Å². The SMILES string of the molecule is Nc1cccc(C(=O)Nc2c(Br)cc(C(F)(F)C(F)(F)F)cc2C(F)(F)F)c1. The van der Waals surface area contributed by atoms with Gasteiger partial charge in [0.25, 0.3) is 5.91 Å². The number of halogens is 9. The summed E-state index contributed by atoms with van der Waals surface area (Å²) in [5.41, 5.74) is 0.629. The van der Waals surface area contributed by atoms with Crippen molar-refractivity contribution in [2.45, 2.75) is 18.3 Å². The summed E-state index contributed by atoms with van der Waals surface area (Å²) in [7, 11) is 0. The Morgan fingerprint density at radius 3 is 2.07 bits per heavy atom. The van der Waals surface area contributed by atoms with Crippen LogP contribution in [0.5, 0.6) is 0 Å². The van der Waals surface area contributed by atoms with E-state index in [2.05, 4.69) is 15.9 Å². The van der Waals surface area contributed by atoms with Gasteiger partial charge in [0.2, 0.25) is 0 Å². The maximum atomic E-state index is 13.5. The van der Waals surface area contributed by atoms with Gasteiger partial charge in [0.1, 0.15) is 0 Å². The van der Waals surface area contributed by atoms with Gasteiger partial charge in [-0.1, -0.05) is 6.07 Å². The number of anilines is 2. The van der Waals surface area contributed by atoms with Gasteiger partial charge in [-0.05, 0) is 46.3 Å². The van der Waals surface area contributed by atoms with Crippen LogP contribution in [0.4, 0.5) is 46.5 Å². The first kappa shape index (κ1) is 21.9. The average Bonchev–Trinajstić information content (AvgIpc) is 2.54. The normalized spacial score (nSPS) is 12.8. The van der Waals surface area contributed by atoms with Crippen molar-refractivity contribution in [2.75, 3.05) is 11.1 Å². The molecule has 0 atom stereocenters. The number of benzene rings is 2. The van der Waals surface area contributed by atoms with Gasteiger partial charge >= 0.3 is 18.3 Å². The molecule has 0 aromatic heterocycles. The van der Waals surface area contributed by atoms with E-state index in [1.807, 2.05) is 5.32 Å². The van der Waals surface area contributed by atoms with E-state index in [1.165, 1.54) is 18.2 Å². The third-order valence-electron chi connectivity index (χ3n) is 3.50. The molecule has 0 saturated heterocycles. The number of carbonyl (C=O) groups is 1. The third-order valence-corrected chi connectivity index (χ3v) is 4.13. The summed E-state index contributed by atoms with van der Waals surface area (Å²) in [6.45, 7) is 0. The van der Waals surface area contributed by atoms with Crippen molar-refractivity contribution in [2.24, 2.45) is 0 Å². The Labute approximate surface area is 160 Å². The second kappa shape index (κ2) is 7.22. The summed E-state index contributed by atoms with van der Waals surface area (Å²) >= 11 is 2.53. The molecule has 0 saturated carbocycles. The zero-order valence-corrected chi connectivity index (χ0v) is 14.9. The first-order valence-corrected chi connectivity index (χ1v) is 7.96. The summed E-state index contributed by atoms with van der Waals surface area (Å²) in [5, 5.41) is 1.86. The molecule has 2 aromatic carbocycles. The molecule has 2 aromatic rings. The minimum absolute atomic E-state index is 0.128. The van der Waals surface area contributed by atoms with Gasteiger partial charge in [-0.3, -0.25) is 4.79 Å². The number of nitrogen functional groups attached to an aromatic ring is 1. The number of nitrogens with one attached hydrogen (secondary N) is 1. The molecule has 0 radical (unpaired) electrons. The number of amides is 1. The predicted octanol–water partition coefficient (Wildman–Crippen LogP) is 5.96. The highest BCUT2D eigenvalue weighted by Gasteiger charge is 2.59. The van der Waals surface area contributed by atoms with Crippen molar-refractivity contribution in [3.05, 3.63) is 57.6 Å². The summed E-state index contributed by atoms with van der Waals surface area (Å²) in [4.78, 5) is 12.2. The van der Waals surface area contributed by atoms with Crippen LogP contribution in [0, 0.1) is 0 Å². The molecular weight excluding hydrogens is 468 g/mol. The molecule has 0 fully saturated rings. The van der Waals surface area contributed by atoms with Crippen LogP contribution in [0.25, 0.3) is 0 Å². The van der Waals surface area contributed by atoms with E-state index in [9.17, 15) is 39.9 Å². The molecule has 12 heteroatoms. The van der Waals surface area contributed by atoms with E-state index in [0.29, 0.717) is 0 Å². The lowest BCUT2D eigenvalue weighted by Gasteiger charge is -2.23. The number of rotatable bonds is 3. The largest absolute Gasteiger partial charge is 0.458 e. The van der Waals surface area contributed by atoms with Gasteiger partial charge in [0, 0.05) is 21.3 Å². The number of hydrogen-bond acceptors (Lipinski definition) is 2. The van der Waals surface area contributed by atoms with Crippen LogP contribution in [0.15, 0.2) is 40.9 Å². The quantitative estimate of drug-likeness (QED) is 0.424. The fourth-order valence-electron chi connectivity index (χ4n) is 2.17. The maximum Gasteiger partial charge on any atom is 0.458 e. The second-order valence-corrected chi connectivity index (χ2v) is 6.38. The average molecular weight is 477 g/mol. The monoisotopic (exact) mass is 476 g/mol. The molecule has 0 aliphatic carbocycles. The molecule has 1 amide bonds. The van der Waals surface area contributed by atoms with Crippen molar-refractivity contribution in [1.82, 2.24) is 0 Å². The molecule has 0 bridgehead atoms. The Morgan fingerprint density at radius 2 is 1.57 bits per heavy atom.